The Morgan fingerprint density at radius 1 is 1.19 bits per heavy atom. The van der Waals surface area contributed by atoms with Crippen LogP contribution in [-0.2, 0) is 15.7 Å². The minimum Gasteiger partial charge on any atom is -0.444 e. The van der Waals surface area contributed by atoms with E-state index in [2.05, 4.69) is 5.32 Å². The van der Waals surface area contributed by atoms with Gasteiger partial charge in [-0.1, -0.05) is 6.07 Å². The van der Waals surface area contributed by atoms with Crippen LogP contribution in [0.4, 0.5) is 23.7 Å². The van der Waals surface area contributed by atoms with Gasteiger partial charge < -0.3 is 10.1 Å². The summed E-state index contributed by atoms with van der Waals surface area (Å²) in [6.45, 7) is 5.24. The maximum atomic E-state index is 12.9. The Balaban J connectivity index is 1.78. The van der Waals surface area contributed by atoms with Crippen LogP contribution in [0.5, 0.6) is 0 Å². The summed E-state index contributed by atoms with van der Waals surface area (Å²) in [7, 11) is 0. The van der Waals surface area contributed by atoms with Crippen molar-refractivity contribution >= 4 is 17.7 Å². The predicted octanol–water partition coefficient (Wildman–Crippen LogP) is 4.43. The number of ether oxygens (including phenoxy) is 1. The first-order valence-corrected chi connectivity index (χ1v) is 8.95. The van der Waals surface area contributed by atoms with Crippen molar-refractivity contribution in [1.29, 1.82) is 0 Å². The highest BCUT2D eigenvalue weighted by molar-refractivity contribution is 5.97. The first kappa shape index (κ1) is 19.5. The minimum atomic E-state index is -4.49. The molecule has 0 spiro atoms. The number of carbonyl (C=O) groups is 2. The number of fused-ring (bicyclic) bond motifs is 2. The molecule has 1 aromatic rings. The number of anilines is 1. The van der Waals surface area contributed by atoms with E-state index < -0.39 is 35.4 Å². The van der Waals surface area contributed by atoms with Gasteiger partial charge in [-0.15, -0.1) is 0 Å². The standard InChI is InChI=1S/C19H23F3N2O3/c1-18(2,3)27-17(26)24-14-8-7-11(9-14)15(24)16(25)23-13-6-4-5-12(10-13)19(20,21)22/h4-6,10-11,14-15H,7-9H2,1-3H3,(H,23,25). The molecule has 3 atom stereocenters. The maximum absolute atomic E-state index is 12.9. The third kappa shape index (κ3) is 4.20. The first-order chi connectivity index (χ1) is 12.5. The lowest BCUT2D eigenvalue weighted by atomic mass is 9.98. The fourth-order valence-electron chi connectivity index (χ4n) is 3.89. The lowest BCUT2D eigenvalue weighted by Crippen LogP contribution is -2.52. The van der Waals surface area contributed by atoms with Crippen LogP contribution in [0.3, 0.4) is 0 Å². The fourth-order valence-corrected chi connectivity index (χ4v) is 3.89. The SMILES string of the molecule is CC(C)(C)OC(=O)N1C2CCC(C2)C1C(=O)Nc1cccc(C(F)(F)F)c1. The number of alkyl halides is 3. The largest absolute Gasteiger partial charge is 0.444 e. The minimum absolute atomic E-state index is 0.00619. The Hall–Kier alpha value is -2.25. The van der Waals surface area contributed by atoms with Gasteiger partial charge in [0.15, 0.2) is 0 Å². The number of halogens is 3. The molecule has 1 aromatic carbocycles. The topological polar surface area (TPSA) is 58.6 Å². The van der Waals surface area contributed by atoms with Crippen LogP contribution in [0, 0.1) is 5.92 Å². The molecule has 148 valence electrons. The summed E-state index contributed by atoms with van der Waals surface area (Å²) in [5.41, 5.74) is -1.47. The van der Waals surface area contributed by atoms with E-state index in [0.29, 0.717) is 6.42 Å². The Kier molecular flexibility index (Phi) is 4.86. The highest BCUT2D eigenvalue weighted by Crippen LogP contribution is 2.43. The second-order valence-electron chi connectivity index (χ2n) is 8.13. The van der Waals surface area contributed by atoms with E-state index in [1.54, 1.807) is 20.8 Å². The zero-order valence-corrected chi connectivity index (χ0v) is 15.5. The van der Waals surface area contributed by atoms with Gasteiger partial charge in [-0.25, -0.2) is 4.79 Å². The molecule has 2 amide bonds. The van der Waals surface area contributed by atoms with Crippen LogP contribution < -0.4 is 5.32 Å². The molecule has 2 bridgehead atoms. The van der Waals surface area contributed by atoms with Crippen molar-refractivity contribution in [1.82, 2.24) is 4.90 Å². The van der Waals surface area contributed by atoms with Gasteiger partial charge in [-0.05, 0) is 64.2 Å². The Bertz CT molecular complexity index is 742. The maximum Gasteiger partial charge on any atom is 0.416 e. The van der Waals surface area contributed by atoms with Gasteiger partial charge in [-0.3, -0.25) is 9.69 Å². The number of rotatable bonds is 2. The quantitative estimate of drug-likeness (QED) is 0.821. The molecule has 1 N–H and O–H groups in total. The summed E-state index contributed by atoms with van der Waals surface area (Å²) in [6.07, 6.45) is -2.73. The second-order valence-corrected chi connectivity index (χ2v) is 8.13. The summed E-state index contributed by atoms with van der Waals surface area (Å²) in [4.78, 5) is 26.8. The highest BCUT2D eigenvalue weighted by Gasteiger charge is 2.52. The van der Waals surface area contributed by atoms with E-state index in [9.17, 15) is 22.8 Å². The number of amides is 2. The summed E-state index contributed by atoms with van der Waals surface area (Å²) < 4.78 is 44.0. The Morgan fingerprint density at radius 2 is 1.89 bits per heavy atom. The van der Waals surface area contributed by atoms with Gasteiger partial charge in [0.05, 0.1) is 5.56 Å². The number of hydrogen-bond donors (Lipinski definition) is 1. The van der Waals surface area contributed by atoms with Crippen molar-refractivity contribution in [2.75, 3.05) is 5.32 Å². The van der Waals surface area contributed by atoms with Gasteiger partial charge in [0, 0.05) is 11.7 Å². The molecule has 1 saturated heterocycles. The second kappa shape index (κ2) is 6.73. The number of carbonyl (C=O) groups excluding carboxylic acids is 2. The van der Waals surface area contributed by atoms with E-state index in [1.165, 1.54) is 17.0 Å². The summed E-state index contributed by atoms with van der Waals surface area (Å²) in [5.74, 6) is -0.485. The molecule has 2 aliphatic rings. The molecule has 3 unspecified atom stereocenters. The molecule has 1 heterocycles. The molecule has 5 nitrogen and oxygen atoms in total. The van der Waals surface area contributed by atoms with E-state index in [4.69, 9.17) is 4.74 Å². The summed E-state index contributed by atoms with van der Waals surface area (Å²) in [5, 5.41) is 2.54. The van der Waals surface area contributed by atoms with Crippen LogP contribution in [0.2, 0.25) is 0 Å². The zero-order chi connectivity index (χ0) is 20.0. The molecule has 27 heavy (non-hydrogen) atoms. The number of benzene rings is 1. The van der Waals surface area contributed by atoms with E-state index in [1.807, 2.05) is 0 Å². The summed E-state index contributed by atoms with van der Waals surface area (Å²) in [6, 6.07) is 3.68. The number of nitrogens with zero attached hydrogens (tertiary/aromatic N) is 1. The van der Waals surface area contributed by atoms with E-state index in [0.717, 1.165) is 25.0 Å². The van der Waals surface area contributed by atoms with Crippen molar-refractivity contribution in [2.45, 2.75) is 63.9 Å². The van der Waals surface area contributed by atoms with E-state index in [-0.39, 0.29) is 17.6 Å². The molecule has 1 aliphatic heterocycles. The lowest BCUT2D eigenvalue weighted by Gasteiger charge is -2.35. The average Bonchev–Trinajstić information content (AvgIpc) is 3.13. The van der Waals surface area contributed by atoms with Gasteiger partial charge in [0.2, 0.25) is 5.91 Å². The normalized spacial score (nSPS) is 24.8. The number of nitrogens with one attached hydrogen (secondary N) is 1. The molecular formula is C19H23F3N2O3. The van der Waals surface area contributed by atoms with Gasteiger partial charge >= 0.3 is 12.3 Å². The molecule has 0 radical (unpaired) electrons. The van der Waals surface area contributed by atoms with Crippen molar-refractivity contribution in [3.8, 4) is 0 Å². The van der Waals surface area contributed by atoms with Gasteiger partial charge in [0.1, 0.15) is 11.6 Å². The van der Waals surface area contributed by atoms with Crippen LogP contribution >= 0.6 is 0 Å². The zero-order valence-electron chi connectivity index (χ0n) is 15.5. The summed E-state index contributed by atoms with van der Waals surface area (Å²) >= 11 is 0. The molecule has 8 heteroatoms. The van der Waals surface area contributed by atoms with E-state index >= 15 is 0 Å². The van der Waals surface area contributed by atoms with Crippen LogP contribution in [0.1, 0.15) is 45.6 Å². The smallest absolute Gasteiger partial charge is 0.416 e. The number of likely N-dealkylation sites (tertiary alicyclic amines) is 1. The van der Waals surface area contributed by atoms with Crippen molar-refractivity contribution in [3.05, 3.63) is 29.8 Å². The van der Waals surface area contributed by atoms with Crippen LogP contribution in [0.25, 0.3) is 0 Å². The Labute approximate surface area is 155 Å². The average molecular weight is 384 g/mol. The third-order valence-corrected chi connectivity index (χ3v) is 4.92. The monoisotopic (exact) mass is 384 g/mol. The first-order valence-electron chi connectivity index (χ1n) is 8.95. The molecule has 1 aliphatic carbocycles. The van der Waals surface area contributed by atoms with Gasteiger partial charge in [-0.2, -0.15) is 13.2 Å². The van der Waals surface area contributed by atoms with Crippen molar-refractivity contribution in [3.63, 3.8) is 0 Å². The predicted molar refractivity (Wildman–Crippen MR) is 93.1 cm³/mol. The highest BCUT2D eigenvalue weighted by atomic mass is 19.4. The fraction of sp³-hybridized carbons (Fsp3) is 0.579. The van der Waals surface area contributed by atoms with Crippen LogP contribution in [-0.4, -0.2) is 34.6 Å². The van der Waals surface area contributed by atoms with Crippen molar-refractivity contribution in [2.24, 2.45) is 5.92 Å². The molecule has 3 rings (SSSR count). The molecule has 2 fully saturated rings. The molecule has 1 saturated carbocycles. The Morgan fingerprint density at radius 3 is 2.52 bits per heavy atom. The van der Waals surface area contributed by atoms with Crippen molar-refractivity contribution < 1.29 is 27.5 Å². The number of piperidine rings is 1. The van der Waals surface area contributed by atoms with Crippen LogP contribution in [0.15, 0.2) is 24.3 Å². The van der Waals surface area contributed by atoms with Gasteiger partial charge in [0.25, 0.3) is 0 Å². The molecular weight excluding hydrogens is 361 g/mol. The lowest BCUT2D eigenvalue weighted by molar-refractivity contribution is -0.137. The number of hydrogen-bond acceptors (Lipinski definition) is 3. The molecule has 0 aromatic heterocycles. The third-order valence-electron chi connectivity index (χ3n) is 4.92.